The van der Waals surface area contributed by atoms with E-state index in [4.69, 9.17) is 0 Å². The molecule has 0 spiro atoms. The number of urea groups is 1. The average molecular weight is 464 g/mol. The summed E-state index contributed by atoms with van der Waals surface area (Å²) in [5, 5.41) is 22.5. The van der Waals surface area contributed by atoms with Crippen LogP contribution in [0.2, 0.25) is 0 Å². The normalized spacial score (nSPS) is 18.6. The molecule has 1 aromatic carbocycles. The summed E-state index contributed by atoms with van der Waals surface area (Å²) in [5.74, 6) is -0.835. The number of nitrogens with zero attached hydrogens (tertiary/aromatic N) is 4. The first-order valence-electron chi connectivity index (χ1n) is 10.1. The van der Waals surface area contributed by atoms with Crippen molar-refractivity contribution in [3.05, 3.63) is 47.7 Å². The van der Waals surface area contributed by atoms with Gasteiger partial charge >= 0.3 is 6.03 Å². The summed E-state index contributed by atoms with van der Waals surface area (Å²) in [6.45, 7) is 4.33. The van der Waals surface area contributed by atoms with Crippen LogP contribution >= 0.6 is 11.3 Å². The minimum atomic E-state index is -1.22. The molecule has 1 aliphatic rings. The van der Waals surface area contributed by atoms with Crippen LogP contribution in [0.3, 0.4) is 0 Å². The summed E-state index contributed by atoms with van der Waals surface area (Å²) in [4.78, 5) is 24.6. The van der Waals surface area contributed by atoms with E-state index in [9.17, 15) is 23.8 Å². The van der Waals surface area contributed by atoms with Crippen molar-refractivity contribution < 1.29 is 23.8 Å². The van der Waals surface area contributed by atoms with E-state index in [0.29, 0.717) is 35.0 Å². The maximum atomic E-state index is 14.6. The molecule has 1 aliphatic heterocycles. The largest absolute Gasteiger partial charge is 0.390 e. The van der Waals surface area contributed by atoms with Gasteiger partial charge in [-0.05, 0) is 38.1 Å². The van der Waals surface area contributed by atoms with Gasteiger partial charge in [0.15, 0.2) is 16.8 Å². The molecule has 8 nitrogen and oxygen atoms in total. The fourth-order valence-electron chi connectivity index (χ4n) is 3.69. The van der Waals surface area contributed by atoms with E-state index < -0.39 is 18.0 Å². The molecule has 2 aromatic heterocycles. The van der Waals surface area contributed by atoms with Crippen LogP contribution < -0.4 is 10.2 Å². The fourth-order valence-corrected chi connectivity index (χ4v) is 4.57. The molecular formula is C21H23F2N5O3S. The summed E-state index contributed by atoms with van der Waals surface area (Å²) in [6, 6.07) is 4.85. The number of hydrogen-bond donors (Lipinski definition) is 3. The Labute approximate surface area is 187 Å². The van der Waals surface area contributed by atoms with Crippen LogP contribution in [0.25, 0.3) is 10.2 Å². The van der Waals surface area contributed by atoms with Crippen LogP contribution in [0.5, 0.6) is 0 Å². The molecule has 0 aliphatic carbocycles. The Bertz CT molecular complexity index is 1140. The molecule has 3 heterocycles. The SMILES string of the molecule is C[C@H](O)[C@@H](O)c1cnc(N2CCN(C(=O)Nc3nc4ccc(F)cc4s3)[C@H](C)C2)c(F)c1. The Kier molecular flexibility index (Phi) is 6.22. The van der Waals surface area contributed by atoms with Gasteiger partial charge in [0.25, 0.3) is 0 Å². The number of piperazine rings is 1. The van der Waals surface area contributed by atoms with E-state index in [1.54, 1.807) is 15.9 Å². The molecule has 0 saturated carbocycles. The number of amides is 2. The number of aromatic nitrogens is 2. The number of carbonyl (C=O) groups is 1. The number of thiazole rings is 1. The van der Waals surface area contributed by atoms with Gasteiger partial charge in [-0.25, -0.2) is 23.5 Å². The lowest BCUT2D eigenvalue weighted by Crippen LogP contribution is -2.55. The molecule has 0 bridgehead atoms. The number of hydrogen-bond acceptors (Lipinski definition) is 7. The zero-order valence-electron chi connectivity index (χ0n) is 17.5. The number of fused-ring (bicyclic) bond motifs is 1. The van der Waals surface area contributed by atoms with Gasteiger partial charge < -0.3 is 20.0 Å². The average Bonchev–Trinajstić information content (AvgIpc) is 3.14. The minimum absolute atomic E-state index is 0.131. The minimum Gasteiger partial charge on any atom is -0.390 e. The van der Waals surface area contributed by atoms with E-state index >= 15 is 0 Å². The third-order valence-electron chi connectivity index (χ3n) is 5.39. The van der Waals surface area contributed by atoms with Crippen molar-refractivity contribution in [1.82, 2.24) is 14.9 Å². The lowest BCUT2D eigenvalue weighted by Gasteiger charge is -2.40. The molecule has 0 unspecified atom stereocenters. The van der Waals surface area contributed by atoms with Gasteiger partial charge in [-0.1, -0.05) is 11.3 Å². The van der Waals surface area contributed by atoms with Gasteiger partial charge in [-0.15, -0.1) is 0 Å². The highest BCUT2D eigenvalue weighted by atomic mass is 32.1. The van der Waals surface area contributed by atoms with Crippen molar-refractivity contribution in [2.45, 2.75) is 32.1 Å². The van der Waals surface area contributed by atoms with Gasteiger partial charge in [-0.2, -0.15) is 0 Å². The summed E-state index contributed by atoms with van der Waals surface area (Å²) in [7, 11) is 0. The molecule has 1 fully saturated rings. The first-order valence-corrected chi connectivity index (χ1v) is 10.9. The highest BCUT2D eigenvalue weighted by Gasteiger charge is 2.30. The molecule has 3 atom stereocenters. The molecule has 4 rings (SSSR count). The summed E-state index contributed by atoms with van der Waals surface area (Å²) >= 11 is 1.19. The van der Waals surface area contributed by atoms with E-state index in [1.165, 1.54) is 42.7 Å². The number of rotatable bonds is 4. The smallest absolute Gasteiger partial charge is 0.324 e. The zero-order chi connectivity index (χ0) is 23.0. The highest BCUT2D eigenvalue weighted by Crippen LogP contribution is 2.28. The van der Waals surface area contributed by atoms with E-state index in [1.807, 2.05) is 6.92 Å². The Morgan fingerprint density at radius 1 is 1.28 bits per heavy atom. The van der Waals surface area contributed by atoms with Gasteiger partial charge in [-0.3, -0.25) is 5.32 Å². The number of aliphatic hydroxyl groups excluding tert-OH is 2. The lowest BCUT2D eigenvalue weighted by molar-refractivity contribution is 0.0301. The van der Waals surface area contributed by atoms with Crippen molar-refractivity contribution >= 4 is 38.5 Å². The number of halogens is 2. The van der Waals surface area contributed by atoms with Gasteiger partial charge in [0.1, 0.15) is 11.9 Å². The quantitative estimate of drug-likeness (QED) is 0.550. The maximum absolute atomic E-state index is 14.6. The van der Waals surface area contributed by atoms with E-state index in [2.05, 4.69) is 15.3 Å². The topological polar surface area (TPSA) is 102 Å². The molecule has 3 N–H and O–H groups in total. The lowest BCUT2D eigenvalue weighted by atomic mass is 10.1. The number of carbonyl (C=O) groups excluding carboxylic acids is 1. The van der Waals surface area contributed by atoms with Gasteiger partial charge in [0, 0.05) is 37.4 Å². The molecule has 32 heavy (non-hydrogen) atoms. The van der Waals surface area contributed by atoms with Crippen LogP contribution in [0.1, 0.15) is 25.5 Å². The van der Waals surface area contributed by atoms with Crippen LogP contribution in [0, 0.1) is 11.6 Å². The van der Waals surface area contributed by atoms with E-state index in [0.717, 1.165) is 0 Å². The number of pyridine rings is 1. The van der Waals surface area contributed by atoms with Crippen LogP contribution in [0.15, 0.2) is 30.5 Å². The monoisotopic (exact) mass is 463 g/mol. The highest BCUT2D eigenvalue weighted by molar-refractivity contribution is 7.22. The van der Waals surface area contributed by atoms with Crippen LogP contribution in [-0.2, 0) is 0 Å². The number of aliphatic hydroxyl groups is 2. The number of anilines is 2. The summed E-state index contributed by atoms with van der Waals surface area (Å²) in [6.07, 6.45) is -0.918. The van der Waals surface area contributed by atoms with E-state index in [-0.39, 0.29) is 29.3 Å². The predicted octanol–water partition coefficient (Wildman–Crippen LogP) is 3.13. The third-order valence-corrected chi connectivity index (χ3v) is 6.33. The Morgan fingerprint density at radius 3 is 2.75 bits per heavy atom. The van der Waals surface area contributed by atoms with Crippen molar-refractivity contribution in [2.24, 2.45) is 0 Å². The predicted molar refractivity (Wildman–Crippen MR) is 118 cm³/mol. The number of benzene rings is 1. The Morgan fingerprint density at radius 2 is 2.06 bits per heavy atom. The van der Waals surface area contributed by atoms with Crippen molar-refractivity contribution in [1.29, 1.82) is 0 Å². The fraction of sp³-hybridized carbons (Fsp3) is 0.381. The molecule has 170 valence electrons. The molecular weight excluding hydrogens is 440 g/mol. The third kappa shape index (κ3) is 4.50. The molecule has 0 radical (unpaired) electrons. The molecule has 2 amide bonds. The van der Waals surface area contributed by atoms with Gasteiger partial charge in [0.05, 0.1) is 16.3 Å². The number of nitrogens with one attached hydrogen (secondary N) is 1. The van der Waals surface area contributed by atoms with Crippen molar-refractivity contribution in [3.8, 4) is 0 Å². The second-order valence-corrected chi connectivity index (χ2v) is 8.84. The van der Waals surface area contributed by atoms with Crippen LogP contribution in [0.4, 0.5) is 24.5 Å². The first kappa shape index (κ1) is 22.3. The standard InChI is InChI=1S/C21H23F2N5O3S/c1-11-10-27(19-15(23)7-13(9-24-19)18(30)12(2)29)5-6-28(11)21(31)26-20-25-16-4-3-14(22)8-17(16)32-20/h3-4,7-9,11-12,18,29-30H,5-6,10H2,1-2H3,(H,25,26,31)/t11-,12+,18-/m1/s1. The van der Waals surface area contributed by atoms with Crippen LogP contribution in [-0.4, -0.2) is 62.9 Å². The Balaban J connectivity index is 1.42. The molecule has 3 aromatic rings. The zero-order valence-corrected chi connectivity index (χ0v) is 18.3. The first-order chi connectivity index (χ1) is 15.2. The van der Waals surface area contributed by atoms with Crippen molar-refractivity contribution in [2.75, 3.05) is 29.9 Å². The molecule has 11 heteroatoms. The van der Waals surface area contributed by atoms with Crippen molar-refractivity contribution in [3.63, 3.8) is 0 Å². The van der Waals surface area contributed by atoms with Gasteiger partial charge in [0.2, 0.25) is 0 Å². The summed E-state index contributed by atoms with van der Waals surface area (Å²) in [5.41, 5.74) is 0.804. The Hall–Kier alpha value is -2.89. The second-order valence-electron chi connectivity index (χ2n) is 7.81. The summed E-state index contributed by atoms with van der Waals surface area (Å²) < 4.78 is 28.7. The maximum Gasteiger partial charge on any atom is 0.324 e. The second kappa shape index (κ2) is 8.93. The molecule has 1 saturated heterocycles.